The predicted octanol–water partition coefficient (Wildman–Crippen LogP) is 3.78. The summed E-state index contributed by atoms with van der Waals surface area (Å²) >= 11 is 0. The van der Waals surface area contributed by atoms with Gasteiger partial charge in [-0.25, -0.2) is 4.39 Å². The van der Waals surface area contributed by atoms with Crippen LogP contribution in [0.5, 0.6) is 11.5 Å². The molecule has 2 heterocycles. The van der Waals surface area contributed by atoms with E-state index >= 15 is 0 Å². The van der Waals surface area contributed by atoms with E-state index in [1.54, 1.807) is 18.2 Å². The van der Waals surface area contributed by atoms with Gasteiger partial charge in [-0.2, -0.15) is 0 Å². The zero-order chi connectivity index (χ0) is 20.4. The molecule has 0 bridgehead atoms. The summed E-state index contributed by atoms with van der Waals surface area (Å²) in [5.74, 6) is 0.504. The van der Waals surface area contributed by atoms with Crippen LogP contribution in [0.4, 0.5) is 4.39 Å². The van der Waals surface area contributed by atoms with E-state index in [4.69, 9.17) is 19.3 Å². The second-order valence-electron chi connectivity index (χ2n) is 7.15. The summed E-state index contributed by atoms with van der Waals surface area (Å²) in [6.45, 7) is 2.50. The number of rotatable bonds is 6. The van der Waals surface area contributed by atoms with Crippen LogP contribution in [-0.2, 0) is 16.0 Å². The van der Waals surface area contributed by atoms with Crippen LogP contribution in [0, 0.1) is 11.7 Å². The molecule has 0 aromatic heterocycles. The minimum Gasteiger partial charge on any atom is -0.493 e. The highest BCUT2D eigenvalue weighted by atomic mass is 19.1. The number of carboxylic acids is 1. The fourth-order valence-electron chi connectivity index (χ4n) is 3.45. The number of fused-ring (bicyclic) bond motifs is 1. The van der Waals surface area contributed by atoms with Gasteiger partial charge in [-0.05, 0) is 37.1 Å². The van der Waals surface area contributed by atoms with Crippen LogP contribution >= 0.6 is 0 Å². The van der Waals surface area contributed by atoms with Crippen molar-refractivity contribution >= 4 is 5.97 Å². The first-order valence-corrected chi connectivity index (χ1v) is 9.49. The first-order valence-electron chi connectivity index (χ1n) is 9.49. The van der Waals surface area contributed by atoms with Gasteiger partial charge in [-0.15, -0.1) is 0 Å². The van der Waals surface area contributed by atoms with E-state index in [-0.39, 0.29) is 18.7 Å². The first-order chi connectivity index (χ1) is 14.0. The summed E-state index contributed by atoms with van der Waals surface area (Å²) < 4.78 is 30.3. The Balaban J connectivity index is 1.31. The van der Waals surface area contributed by atoms with Crippen LogP contribution in [-0.4, -0.2) is 24.3 Å². The third kappa shape index (κ3) is 4.29. The van der Waals surface area contributed by atoms with Crippen LogP contribution in [0.25, 0.3) is 0 Å². The number of aliphatic carboxylic acids is 1. The lowest BCUT2D eigenvalue weighted by molar-refractivity contribution is -0.143. The minimum absolute atomic E-state index is 0.171. The summed E-state index contributed by atoms with van der Waals surface area (Å²) in [5.41, 5.74) is 2.67. The third-order valence-corrected chi connectivity index (χ3v) is 5.11. The molecule has 0 radical (unpaired) electrons. The van der Waals surface area contributed by atoms with Crippen molar-refractivity contribution in [2.24, 2.45) is 5.92 Å². The number of benzene rings is 2. The zero-order valence-corrected chi connectivity index (χ0v) is 16.0. The molecule has 4 rings (SSSR count). The summed E-state index contributed by atoms with van der Waals surface area (Å²) in [6.07, 6.45) is 0.760. The van der Waals surface area contributed by atoms with E-state index in [1.807, 2.05) is 19.1 Å². The first kappa shape index (κ1) is 19.1. The number of hydrogen-bond donors (Lipinski definition) is 2. The zero-order valence-electron chi connectivity index (χ0n) is 16.0. The van der Waals surface area contributed by atoms with Crippen molar-refractivity contribution < 1.29 is 28.5 Å². The van der Waals surface area contributed by atoms with Crippen LogP contribution in [0.3, 0.4) is 0 Å². The molecule has 0 spiro atoms. The molecule has 0 saturated carbocycles. The molecule has 2 atom stereocenters. The standard InChI is InChI=1S/C22H22FNO5/c1-13-19(24-21(29-13)14-2-5-17(23)6-3-14)8-9-27-18-7-4-15-10-16(22(25)26)12-28-20(15)11-18/h2-7,11,16,21,24H,8-10,12H2,1H3,(H,25,26). The van der Waals surface area contributed by atoms with Crippen molar-refractivity contribution in [2.75, 3.05) is 13.2 Å². The topological polar surface area (TPSA) is 77.0 Å². The number of halogens is 1. The van der Waals surface area contributed by atoms with E-state index in [9.17, 15) is 9.18 Å². The Morgan fingerprint density at radius 3 is 2.83 bits per heavy atom. The Bertz CT molecular complexity index is 941. The third-order valence-electron chi connectivity index (χ3n) is 5.11. The van der Waals surface area contributed by atoms with Crippen molar-refractivity contribution in [3.63, 3.8) is 0 Å². The van der Waals surface area contributed by atoms with E-state index < -0.39 is 11.9 Å². The lowest BCUT2D eigenvalue weighted by Gasteiger charge is -2.23. The highest BCUT2D eigenvalue weighted by molar-refractivity contribution is 5.71. The Morgan fingerprint density at radius 1 is 1.28 bits per heavy atom. The molecule has 2 aliphatic heterocycles. The van der Waals surface area contributed by atoms with Gasteiger partial charge in [0.1, 0.15) is 29.7 Å². The lowest BCUT2D eigenvalue weighted by Crippen LogP contribution is -2.27. The molecular formula is C22H22FNO5. The molecule has 2 unspecified atom stereocenters. The van der Waals surface area contributed by atoms with Gasteiger partial charge in [-0.1, -0.05) is 18.2 Å². The van der Waals surface area contributed by atoms with Gasteiger partial charge in [0.2, 0.25) is 0 Å². The largest absolute Gasteiger partial charge is 0.493 e. The van der Waals surface area contributed by atoms with Gasteiger partial charge in [0, 0.05) is 18.1 Å². The molecule has 0 fully saturated rings. The lowest BCUT2D eigenvalue weighted by atomic mass is 9.97. The average Bonchev–Trinajstić information content (AvgIpc) is 3.08. The molecule has 2 N–H and O–H groups in total. The second kappa shape index (κ2) is 8.03. The Kier molecular flexibility index (Phi) is 5.29. The van der Waals surface area contributed by atoms with E-state index in [0.717, 1.165) is 22.6 Å². The maximum absolute atomic E-state index is 13.1. The van der Waals surface area contributed by atoms with E-state index in [2.05, 4.69) is 5.32 Å². The molecular weight excluding hydrogens is 377 g/mol. The van der Waals surface area contributed by atoms with Crippen molar-refractivity contribution in [1.82, 2.24) is 5.32 Å². The normalized spacial score (nSPS) is 20.3. The monoisotopic (exact) mass is 399 g/mol. The van der Waals surface area contributed by atoms with Gasteiger partial charge in [-0.3, -0.25) is 4.79 Å². The Labute approximate surface area is 167 Å². The number of carbonyl (C=O) groups is 1. The Hall–Kier alpha value is -3.22. The van der Waals surface area contributed by atoms with Gasteiger partial charge in [0.15, 0.2) is 6.23 Å². The summed E-state index contributed by atoms with van der Waals surface area (Å²) in [4.78, 5) is 11.1. The SMILES string of the molecule is CC1=C(CCOc2ccc3c(c2)OCC(C(=O)O)C3)NC(c2ccc(F)cc2)O1. The molecule has 2 aliphatic rings. The maximum Gasteiger partial charge on any atom is 0.310 e. The number of ether oxygens (including phenoxy) is 3. The molecule has 0 saturated heterocycles. The van der Waals surface area contributed by atoms with Crippen LogP contribution in [0.2, 0.25) is 0 Å². The van der Waals surface area contributed by atoms with Gasteiger partial charge >= 0.3 is 5.97 Å². The van der Waals surface area contributed by atoms with Crippen LogP contribution in [0.1, 0.15) is 30.7 Å². The van der Waals surface area contributed by atoms with E-state index in [0.29, 0.717) is 30.9 Å². The highest BCUT2D eigenvalue weighted by Gasteiger charge is 2.26. The summed E-state index contributed by atoms with van der Waals surface area (Å²) in [6, 6.07) is 11.7. The minimum atomic E-state index is -0.843. The smallest absolute Gasteiger partial charge is 0.310 e. The fourth-order valence-corrected chi connectivity index (χ4v) is 3.45. The number of nitrogens with one attached hydrogen (secondary N) is 1. The highest BCUT2D eigenvalue weighted by Crippen LogP contribution is 2.32. The molecule has 0 aliphatic carbocycles. The molecule has 2 aromatic rings. The van der Waals surface area contributed by atoms with Crippen molar-refractivity contribution in [3.8, 4) is 11.5 Å². The predicted molar refractivity (Wildman–Crippen MR) is 103 cm³/mol. The van der Waals surface area contributed by atoms with E-state index in [1.165, 1.54) is 12.1 Å². The molecule has 0 amide bonds. The molecule has 29 heavy (non-hydrogen) atoms. The van der Waals surface area contributed by atoms with Gasteiger partial charge in [0.05, 0.1) is 18.2 Å². The molecule has 7 heteroatoms. The maximum atomic E-state index is 13.1. The number of hydrogen-bond acceptors (Lipinski definition) is 5. The fraction of sp³-hybridized carbons (Fsp3) is 0.318. The molecule has 152 valence electrons. The number of allylic oxidation sites excluding steroid dienone is 1. The summed E-state index contributed by atoms with van der Waals surface area (Å²) in [7, 11) is 0. The van der Waals surface area contributed by atoms with Crippen LogP contribution < -0.4 is 14.8 Å². The van der Waals surface area contributed by atoms with Crippen molar-refractivity contribution in [2.45, 2.75) is 26.0 Å². The summed E-state index contributed by atoms with van der Waals surface area (Å²) in [5, 5.41) is 12.4. The molecule has 2 aromatic carbocycles. The van der Waals surface area contributed by atoms with Crippen molar-refractivity contribution in [1.29, 1.82) is 0 Å². The molecule has 6 nitrogen and oxygen atoms in total. The van der Waals surface area contributed by atoms with Gasteiger partial charge < -0.3 is 24.6 Å². The Morgan fingerprint density at radius 2 is 2.07 bits per heavy atom. The number of carboxylic acid groups (broad SMARTS) is 1. The van der Waals surface area contributed by atoms with Gasteiger partial charge in [0.25, 0.3) is 0 Å². The second-order valence-corrected chi connectivity index (χ2v) is 7.15. The van der Waals surface area contributed by atoms with Crippen LogP contribution in [0.15, 0.2) is 53.9 Å². The quantitative estimate of drug-likeness (QED) is 0.770. The van der Waals surface area contributed by atoms with Crippen molar-refractivity contribution in [3.05, 3.63) is 70.9 Å². The average molecular weight is 399 g/mol.